The van der Waals surface area contributed by atoms with Gasteiger partial charge in [-0.05, 0) is 37.1 Å². The van der Waals surface area contributed by atoms with Gasteiger partial charge in [-0.2, -0.15) is 0 Å². The van der Waals surface area contributed by atoms with Gasteiger partial charge in [-0.25, -0.2) is 4.79 Å². The Kier molecular flexibility index (Phi) is 5.52. The Balaban J connectivity index is 2.60. The molecule has 4 heteroatoms. The van der Waals surface area contributed by atoms with Crippen LogP contribution in [0.3, 0.4) is 0 Å². The molecule has 1 N–H and O–H groups in total. The number of para-hydroxylation sites is 2. The second-order valence-corrected chi connectivity index (χ2v) is 5.34. The lowest BCUT2D eigenvalue weighted by Gasteiger charge is -2.28. The summed E-state index contributed by atoms with van der Waals surface area (Å²) in [6.07, 6.45) is 1.43. The van der Waals surface area contributed by atoms with E-state index in [1.54, 1.807) is 18.2 Å². The van der Waals surface area contributed by atoms with Crippen molar-refractivity contribution in [3.63, 3.8) is 0 Å². The Labute approximate surface area is 136 Å². The maximum Gasteiger partial charge on any atom is 0.337 e. The third kappa shape index (κ3) is 3.59. The molecule has 0 spiro atoms. The Hall–Kier alpha value is -2.62. The summed E-state index contributed by atoms with van der Waals surface area (Å²) in [5.41, 5.74) is 1.21. The van der Waals surface area contributed by atoms with Crippen LogP contribution in [0.4, 0.5) is 11.4 Å². The summed E-state index contributed by atoms with van der Waals surface area (Å²) in [5, 5.41) is 9.46. The Morgan fingerprint density at radius 3 is 2.09 bits per heavy atom. The number of carboxylic acid groups (broad SMARTS) is 1. The van der Waals surface area contributed by atoms with Gasteiger partial charge in [0, 0.05) is 11.6 Å². The quantitative estimate of drug-likeness (QED) is 0.855. The number of carbonyl (C=O) groups is 2. The third-order valence-electron chi connectivity index (χ3n) is 3.94. The van der Waals surface area contributed by atoms with Crippen LogP contribution in [0.1, 0.15) is 37.0 Å². The Bertz CT molecular complexity index is 678. The van der Waals surface area contributed by atoms with Crippen molar-refractivity contribution < 1.29 is 14.7 Å². The summed E-state index contributed by atoms with van der Waals surface area (Å²) in [5.74, 6) is -1.26. The van der Waals surface area contributed by atoms with Gasteiger partial charge in [-0.3, -0.25) is 9.69 Å². The van der Waals surface area contributed by atoms with Crippen LogP contribution in [-0.2, 0) is 4.79 Å². The first kappa shape index (κ1) is 16.7. The van der Waals surface area contributed by atoms with E-state index in [1.165, 1.54) is 11.0 Å². The van der Waals surface area contributed by atoms with Crippen molar-refractivity contribution in [3.05, 3.63) is 60.2 Å². The maximum absolute atomic E-state index is 13.0. The zero-order chi connectivity index (χ0) is 16.8. The minimum atomic E-state index is -1.04. The molecule has 0 radical (unpaired) electrons. The van der Waals surface area contributed by atoms with Crippen molar-refractivity contribution in [1.29, 1.82) is 0 Å². The molecule has 4 nitrogen and oxygen atoms in total. The number of hydrogen-bond acceptors (Lipinski definition) is 2. The largest absolute Gasteiger partial charge is 0.478 e. The van der Waals surface area contributed by atoms with Crippen LogP contribution in [0.2, 0.25) is 0 Å². The van der Waals surface area contributed by atoms with Gasteiger partial charge in [0.1, 0.15) is 0 Å². The molecule has 0 heterocycles. The highest BCUT2D eigenvalue weighted by molar-refractivity contribution is 6.07. The average Bonchev–Trinajstić information content (AvgIpc) is 2.57. The summed E-state index contributed by atoms with van der Waals surface area (Å²) >= 11 is 0. The van der Waals surface area contributed by atoms with Gasteiger partial charge in [-0.15, -0.1) is 0 Å². The third-order valence-corrected chi connectivity index (χ3v) is 3.94. The first-order valence-corrected chi connectivity index (χ1v) is 7.81. The number of aromatic carboxylic acids is 1. The van der Waals surface area contributed by atoms with E-state index in [-0.39, 0.29) is 17.4 Å². The van der Waals surface area contributed by atoms with Crippen molar-refractivity contribution in [2.45, 2.75) is 26.7 Å². The fraction of sp³-hybridized carbons (Fsp3) is 0.263. The van der Waals surface area contributed by atoms with Gasteiger partial charge in [0.25, 0.3) is 0 Å². The van der Waals surface area contributed by atoms with Crippen LogP contribution >= 0.6 is 0 Å². The van der Waals surface area contributed by atoms with E-state index in [1.807, 2.05) is 44.2 Å². The second-order valence-electron chi connectivity index (χ2n) is 5.34. The Morgan fingerprint density at radius 2 is 1.52 bits per heavy atom. The molecule has 0 saturated heterocycles. The molecule has 0 aromatic heterocycles. The number of anilines is 2. The minimum absolute atomic E-state index is 0.0742. The molecule has 0 aliphatic heterocycles. The number of hydrogen-bond donors (Lipinski definition) is 1. The predicted octanol–water partition coefficient (Wildman–Crippen LogP) is 4.49. The average molecular weight is 311 g/mol. The van der Waals surface area contributed by atoms with Gasteiger partial charge in [-0.1, -0.05) is 44.2 Å². The summed E-state index contributed by atoms with van der Waals surface area (Å²) < 4.78 is 0. The number of rotatable bonds is 6. The molecule has 0 aliphatic rings. The summed E-state index contributed by atoms with van der Waals surface area (Å²) in [6.45, 7) is 3.94. The summed E-state index contributed by atoms with van der Waals surface area (Å²) in [6, 6.07) is 15.8. The normalized spacial score (nSPS) is 10.6. The molecule has 0 atom stereocenters. The van der Waals surface area contributed by atoms with Crippen molar-refractivity contribution in [2.24, 2.45) is 5.92 Å². The molecular weight excluding hydrogens is 290 g/mol. The number of carboxylic acids is 1. The minimum Gasteiger partial charge on any atom is -0.478 e. The van der Waals surface area contributed by atoms with E-state index in [0.717, 1.165) is 0 Å². The zero-order valence-electron chi connectivity index (χ0n) is 13.4. The van der Waals surface area contributed by atoms with Crippen LogP contribution < -0.4 is 4.90 Å². The molecule has 0 aliphatic carbocycles. The topological polar surface area (TPSA) is 57.6 Å². The van der Waals surface area contributed by atoms with Crippen molar-refractivity contribution in [2.75, 3.05) is 4.90 Å². The highest BCUT2D eigenvalue weighted by atomic mass is 16.4. The number of carbonyl (C=O) groups excluding carboxylic acids is 1. The maximum atomic E-state index is 13.0. The van der Waals surface area contributed by atoms with Crippen LogP contribution in [0.25, 0.3) is 0 Å². The van der Waals surface area contributed by atoms with E-state index in [9.17, 15) is 14.7 Å². The van der Waals surface area contributed by atoms with Crippen molar-refractivity contribution in [1.82, 2.24) is 0 Å². The highest BCUT2D eigenvalue weighted by Crippen LogP contribution is 2.31. The molecule has 1 amide bonds. The smallest absolute Gasteiger partial charge is 0.337 e. The highest BCUT2D eigenvalue weighted by Gasteiger charge is 2.27. The molecule has 2 aromatic rings. The van der Waals surface area contributed by atoms with Crippen molar-refractivity contribution >= 4 is 23.3 Å². The molecule has 0 fully saturated rings. The monoisotopic (exact) mass is 311 g/mol. The summed E-state index contributed by atoms with van der Waals surface area (Å²) in [7, 11) is 0. The molecule has 23 heavy (non-hydrogen) atoms. The number of nitrogens with zero attached hydrogens (tertiary/aromatic N) is 1. The standard InChI is InChI=1S/C19H21NO3/c1-3-14(4-2)18(21)20(15-10-6-5-7-11-15)17-13-9-8-12-16(17)19(22)23/h5-14H,3-4H2,1-2H3,(H,22,23). The van der Waals surface area contributed by atoms with Gasteiger partial charge in [0.15, 0.2) is 0 Å². The van der Waals surface area contributed by atoms with Gasteiger partial charge in [0.05, 0.1) is 11.3 Å². The van der Waals surface area contributed by atoms with Crippen LogP contribution in [0.15, 0.2) is 54.6 Å². The SMILES string of the molecule is CCC(CC)C(=O)N(c1ccccc1)c1ccccc1C(=O)O. The van der Waals surface area contributed by atoms with E-state index in [0.29, 0.717) is 24.2 Å². The molecular formula is C19H21NO3. The molecule has 0 saturated carbocycles. The second kappa shape index (κ2) is 7.58. The first-order valence-electron chi connectivity index (χ1n) is 7.81. The molecule has 2 aromatic carbocycles. The fourth-order valence-electron chi connectivity index (χ4n) is 2.63. The van der Waals surface area contributed by atoms with Gasteiger partial charge in [0.2, 0.25) is 5.91 Å². The molecule has 120 valence electrons. The van der Waals surface area contributed by atoms with E-state index in [2.05, 4.69) is 0 Å². The summed E-state index contributed by atoms with van der Waals surface area (Å²) in [4.78, 5) is 26.1. The van der Waals surface area contributed by atoms with E-state index in [4.69, 9.17) is 0 Å². The fourth-order valence-corrected chi connectivity index (χ4v) is 2.63. The molecule has 0 bridgehead atoms. The zero-order valence-corrected chi connectivity index (χ0v) is 13.4. The number of amides is 1. The van der Waals surface area contributed by atoms with Gasteiger partial charge >= 0.3 is 5.97 Å². The lowest BCUT2D eigenvalue weighted by Crippen LogP contribution is -2.33. The van der Waals surface area contributed by atoms with E-state index < -0.39 is 5.97 Å². The first-order chi connectivity index (χ1) is 11.1. The van der Waals surface area contributed by atoms with Crippen molar-refractivity contribution in [3.8, 4) is 0 Å². The van der Waals surface area contributed by atoms with E-state index >= 15 is 0 Å². The van der Waals surface area contributed by atoms with Crippen LogP contribution in [0, 0.1) is 5.92 Å². The van der Waals surface area contributed by atoms with Crippen LogP contribution in [-0.4, -0.2) is 17.0 Å². The lowest BCUT2D eigenvalue weighted by molar-refractivity contribution is -0.121. The Morgan fingerprint density at radius 1 is 0.957 bits per heavy atom. The molecule has 0 unspecified atom stereocenters. The molecule has 2 rings (SSSR count). The van der Waals surface area contributed by atoms with Gasteiger partial charge < -0.3 is 5.11 Å². The number of benzene rings is 2. The lowest BCUT2D eigenvalue weighted by atomic mass is 10.00. The van der Waals surface area contributed by atoms with Crippen LogP contribution in [0.5, 0.6) is 0 Å². The predicted molar refractivity (Wildman–Crippen MR) is 91.1 cm³/mol.